The van der Waals surface area contributed by atoms with Gasteiger partial charge in [0.2, 0.25) is 5.91 Å². The van der Waals surface area contributed by atoms with Crippen LogP contribution in [0.25, 0.3) is 0 Å². The lowest BCUT2D eigenvalue weighted by atomic mass is 9.99. The molecule has 8 heteroatoms. The van der Waals surface area contributed by atoms with Gasteiger partial charge in [-0.1, -0.05) is 0 Å². The summed E-state index contributed by atoms with van der Waals surface area (Å²) in [5, 5.41) is 17.3. The topological polar surface area (TPSA) is 109 Å². The summed E-state index contributed by atoms with van der Waals surface area (Å²) in [6.45, 7) is 2.19. The number of nitrogens with one attached hydrogen (secondary N) is 2. The minimum atomic E-state index is -1.21. The summed E-state index contributed by atoms with van der Waals surface area (Å²) in [6, 6.07) is -0.981. The van der Waals surface area contributed by atoms with E-state index in [2.05, 4.69) is 20.7 Å². The van der Waals surface area contributed by atoms with Crippen molar-refractivity contribution in [3.8, 4) is 0 Å². The van der Waals surface area contributed by atoms with Gasteiger partial charge in [-0.2, -0.15) is 5.10 Å². The van der Waals surface area contributed by atoms with E-state index in [0.717, 1.165) is 5.82 Å². The molecule has 0 spiro atoms. The molecular weight excluding hydrogens is 214 g/mol. The van der Waals surface area contributed by atoms with Gasteiger partial charge >= 0.3 is 6.09 Å². The van der Waals surface area contributed by atoms with Gasteiger partial charge in [-0.25, -0.2) is 14.5 Å². The highest BCUT2D eigenvalue weighted by atomic mass is 16.4. The molecule has 0 bridgehead atoms. The van der Waals surface area contributed by atoms with E-state index in [9.17, 15) is 9.59 Å². The van der Waals surface area contributed by atoms with Gasteiger partial charge in [0.15, 0.2) is 0 Å². The van der Waals surface area contributed by atoms with E-state index < -0.39 is 12.1 Å². The minimum Gasteiger partial charge on any atom is -0.465 e. The van der Waals surface area contributed by atoms with Gasteiger partial charge < -0.3 is 15.7 Å². The zero-order valence-electron chi connectivity index (χ0n) is 8.54. The Kier molecular flexibility index (Phi) is 2.47. The van der Waals surface area contributed by atoms with Crippen LogP contribution in [0.5, 0.6) is 0 Å². The van der Waals surface area contributed by atoms with Crippen molar-refractivity contribution in [3.63, 3.8) is 0 Å². The molecule has 2 heterocycles. The summed E-state index contributed by atoms with van der Waals surface area (Å²) in [6.07, 6.45) is 0.204. The average Bonchev–Trinajstić information content (AvgIpc) is 2.61. The number of hydrogen-bond acceptors (Lipinski definition) is 4. The maximum Gasteiger partial charge on any atom is 0.405 e. The third-order valence-corrected chi connectivity index (χ3v) is 2.47. The predicted molar refractivity (Wildman–Crippen MR) is 51.6 cm³/mol. The van der Waals surface area contributed by atoms with Crippen molar-refractivity contribution in [1.29, 1.82) is 0 Å². The fraction of sp³-hybridized carbons (Fsp3) is 0.500. The molecule has 0 aromatic carbocycles. The summed E-state index contributed by atoms with van der Waals surface area (Å²) in [5.74, 6) is 0.403. The maximum absolute atomic E-state index is 11.1. The van der Waals surface area contributed by atoms with Crippen molar-refractivity contribution in [1.82, 2.24) is 25.4 Å². The number of carbonyl (C=O) groups is 2. The minimum absolute atomic E-state index is 0.274. The number of aromatic nitrogens is 3. The Morgan fingerprint density at radius 2 is 2.50 bits per heavy atom. The number of nitrogens with zero attached hydrogens (tertiary/aromatic N) is 3. The van der Waals surface area contributed by atoms with E-state index >= 15 is 0 Å². The Balaban J connectivity index is 1.99. The first-order chi connectivity index (χ1) is 7.58. The van der Waals surface area contributed by atoms with Gasteiger partial charge in [0.05, 0.1) is 12.6 Å². The molecule has 1 saturated heterocycles. The number of rotatable bonds is 3. The molecule has 0 unspecified atom stereocenters. The number of β-lactam (4-membered cyclic amide) rings is 1. The molecule has 1 aromatic rings. The van der Waals surface area contributed by atoms with E-state index in [1.807, 2.05) is 0 Å². The molecule has 0 saturated carbocycles. The molecule has 1 fully saturated rings. The summed E-state index contributed by atoms with van der Waals surface area (Å²) >= 11 is 0. The van der Waals surface area contributed by atoms with Crippen LogP contribution in [0.4, 0.5) is 4.79 Å². The SMILES string of the molecule is Cc1ncnn1C[C@H]1NC(=O)[C@H]1NC(=O)O. The number of carboxylic acid groups (broad SMARTS) is 1. The molecule has 8 nitrogen and oxygen atoms in total. The molecule has 2 amide bonds. The zero-order chi connectivity index (χ0) is 11.7. The van der Waals surface area contributed by atoms with E-state index in [4.69, 9.17) is 5.11 Å². The fourth-order valence-electron chi connectivity index (χ4n) is 1.58. The van der Waals surface area contributed by atoms with E-state index in [1.54, 1.807) is 11.6 Å². The average molecular weight is 225 g/mol. The van der Waals surface area contributed by atoms with Crippen LogP contribution < -0.4 is 10.6 Å². The number of hydrogen-bond donors (Lipinski definition) is 3. The smallest absolute Gasteiger partial charge is 0.405 e. The molecule has 0 radical (unpaired) electrons. The molecule has 1 aromatic heterocycles. The van der Waals surface area contributed by atoms with Crippen LogP contribution >= 0.6 is 0 Å². The molecule has 86 valence electrons. The molecule has 3 N–H and O–H groups in total. The van der Waals surface area contributed by atoms with Crippen LogP contribution in [0, 0.1) is 6.92 Å². The van der Waals surface area contributed by atoms with Crippen LogP contribution in [0.2, 0.25) is 0 Å². The van der Waals surface area contributed by atoms with Crippen LogP contribution in [0.1, 0.15) is 5.82 Å². The molecule has 16 heavy (non-hydrogen) atoms. The largest absolute Gasteiger partial charge is 0.465 e. The van der Waals surface area contributed by atoms with Gasteiger partial charge in [-0.15, -0.1) is 0 Å². The second-order valence-electron chi connectivity index (χ2n) is 3.53. The first-order valence-corrected chi connectivity index (χ1v) is 4.72. The first kappa shape index (κ1) is 10.4. The van der Waals surface area contributed by atoms with Gasteiger partial charge in [-0.3, -0.25) is 4.79 Å². The predicted octanol–water partition coefficient (Wildman–Crippen LogP) is -1.28. The Morgan fingerprint density at radius 1 is 1.75 bits per heavy atom. The summed E-state index contributed by atoms with van der Waals surface area (Å²) in [4.78, 5) is 25.5. The van der Waals surface area contributed by atoms with E-state index in [1.165, 1.54) is 6.33 Å². The molecular formula is C8H11N5O3. The van der Waals surface area contributed by atoms with Gasteiger partial charge in [0.1, 0.15) is 18.2 Å². The first-order valence-electron chi connectivity index (χ1n) is 4.72. The molecule has 1 aliphatic heterocycles. The normalized spacial score (nSPS) is 23.4. The quantitative estimate of drug-likeness (QED) is 0.555. The van der Waals surface area contributed by atoms with Crippen LogP contribution in [-0.4, -0.2) is 44.0 Å². The van der Waals surface area contributed by atoms with Crippen molar-refractivity contribution < 1.29 is 14.7 Å². The maximum atomic E-state index is 11.1. The fourth-order valence-corrected chi connectivity index (χ4v) is 1.58. The van der Waals surface area contributed by atoms with Crippen molar-refractivity contribution >= 4 is 12.0 Å². The lowest BCUT2D eigenvalue weighted by Gasteiger charge is -2.36. The Morgan fingerprint density at radius 3 is 3.00 bits per heavy atom. The number of aryl methyl sites for hydroxylation is 1. The van der Waals surface area contributed by atoms with Crippen LogP contribution in [0.15, 0.2) is 6.33 Å². The molecule has 2 rings (SSSR count). The lowest BCUT2D eigenvalue weighted by Crippen LogP contribution is -2.70. The van der Waals surface area contributed by atoms with E-state index in [0.29, 0.717) is 6.54 Å². The second-order valence-corrected chi connectivity index (χ2v) is 3.53. The summed E-state index contributed by atoms with van der Waals surface area (Å²) in [7, 11) is 0. The zero-order valence-corrected chi connectivity index (χ0v) is 8.54. The van der Waals surface area contributed by atoms with Crippen molar-refractivity contribution in [2.75, 3.05) is 0 Å². The monoisotopic (exact) mass is 225 g/mol. The molecule has 2 atom stereocenters. The highest BCUT2D eigenvalue weighted by Gasteiger charge is 2.40. The van der Waals surface area contributed by atoms with Crippen LogP contribution in [-0.2, 0) is 11.3 Å². The standard InChI is InChI=1S/C8H11N5O3/c1-4-9-3-10-13(4)2-5-6(7(14)11-5)12-8(15)16/h3,5-6,12H,2H2,1H3,(H,11,14)(H,15,16)/t5-,6+/m1/s1. The van der Waals surface area contributed by atoms with E-state index in [-0.39, 0.29) is 11.9 Å². The molecule has 0 aliphatic carbocycles. The highest BCUT2D eigenvalue weighted by Crippen LogP contribution is 2.09. The molecule has 1 aliphatic rings. The highest BCUT2D eigenvalue weighted by molar-refractivity contribution is 5.91. The van der Waals surface area contributed by atoms with Gasteiger partial charge in [0.25, 0.3) is 0 Å². The van der Waals surface area contributed by atoms with Crippen LogP contribution in [0.3, 0.4) is 0 Å². The third-order valence-electron chi connectivity index (χ3n) is 2.47. The number of carbonyl (C=O) groups excluding carboxylic acids is 1. The summed E-state index contributed by atoms with van der Waals surface area (Å²) in [5.41, 5.74) is 0. The van der Waals surface area contributed by atoms with Crippen molar-refractivity contribution in [2.45, 2.75) is 25.6 Å². The third kappa shape index (κ3) is 1.81. The summed E-state index contributed by atoms with van der Waals surface area (Å²) < 4.78 is 1.61. The van der Waals surface area contributed by atoms with Gasteiger partial charge in [0, 0.05) is 0 Å². The Labute approximate surface area is 90.7 Å². The number of amides is 2. The second kappa shape index (κ2) is 3.80. The lowest BCUT2D eigenvalue weighted by molar-refractivity contribution is -0.131. The van der Waals surface area contributed by atoms with Gasteiger partial charge in [-0.05, 0) is 6.92 Å². The van der Waals surface area contributed by atoms with Crippen molar-refractivity contribution in [2.24, 2.45) is 0 Å². The Hall–Kier alpha value is -2.12. The Bertz CT molecular complexity index is 429. The van der Waals surface area contributed by atoms with Crippen molar-refractivity contribution in [3.05, 3.63) is 12.2 Å².